The van der Waals surface area contributed by atoms with Gasteiger partial charge < -0.3 is 19.3 Å². The number of fused-ring (bicyclic) bond motifs is 2. The fraction of sp³-hybridized carbons (Fsp3) is 0.258. The van der Waals surface area contributed by atoms with Crippen molar-refractivity contribution in [3.63, 3.8) is 0 Å². The van der Waals surface area contributed by atoms with Crippen LogP contribution in [0.2, 0.25) is 0 Å². The van der Waals surface area contributed by atoms with Gasteiger partial charge in [0.15, 0.2) is 5.13 Å². The highest BCUT2D eigenvalue weighted by Crippen LogP contribution is 2.45. The van der Waals surface area contributed by atoms with Crippen LogP contribution >= 0.6 is 11.3 Å². The first-order valence-electron chi connectivity index (χ1n) is 13.2. The minimum absolute atomic E-state index is 0.00129. The van der Waals surface area contributed by atoms with Gasteiger partial charge in [0.1, 0.15) is 29.1 Å². The average molecular weight is 557 g/mol. The Morgan fingerprint density at radius 3 is 2.77 bits per heavy atom. The number of hydrogen-bond acceptors (Lipinski definition) is 8. The second-order valence-electron chi connectivity index (χ2n) is 9.88. The lowest BCUT2D eigenvalue weighted by Crippen LogP contribution is -2.29. The van der Waals surface area contributed by atoms with Crippen molar-refractivity contribution in [3.05, 3.63) is 82.9 Å². The first-order chi connectivity index (χ1) is 19.4. The molecule has 3 heterocycles. The number of ether oxygens (including phenoxy) is 3. The minimum Gasteiger partial charge on any atom is -0.507 e. The average Bonchev–Trinajstić information content (AvgIpc) is 3.63. The minimum atomic E-state index is -0.906. The molecule has 8 nitrogen and oxygen atoms in total. The van der Waals surface area contributed by atoms with Crippen molar-refractivity contribution in [2.45, 2.75) is 38.8 Å². The highest BCUT2D eigenvalue weighted by atomic mass is 32.1. The summed E-state index contributed by atoms with van der Waals surface area (Å²) < 4.78 is 17.8. The van der Waals surface area contributed by atoms with Crippen LogP contribution in [0.3, 0.4) is 0 Å². The molecule has 0 bridgehead atoms. The number of methoxy groups -OCH3 is 1. The summed E-state index contributed by atoms with van der Waals surface area (Å²) in [6, 6.07) is 17.1. The van der Waals surface area contributed by atoms with Crippen LogP contribution in [0, 0.1) is 0 Å². The normalized spacial score (nSPS) is 19.6. The molecule has 0 spiro atoms. The molecule has 2 aliphatic heterocycles. The molecule has 1 aromatic heterocycles. The third-order valence-corrected chi connectivity index (χ3v) is 8.07. The van der Waals surface area contributed by atoms with Gasteiger partial charge in [0.25, 0.3) is 5.78 Å². The lowest BCUT2D eigenvalue weighted by molar-refractivity contribution is -0.132. The summed E-state index contributed by atoms with van der Waals surface area (Å²) >= 11 is 1.28. The monoisotopic (exact) mass is 556 g/mol. The molecule has 204 valence electrons. The van der Waals surface area contributed by atoms with E-state index < -0.39 is 17.7 Å². The molecule has 0 unspecified atom stereocenters. The zero-order chi connectivity index (χ0) is 28.0. The number of rotatable bonds is 7. The number of hydrogen-bond donors (Lipinski definition) is 1. The molecular formula is C31H28N2O6S. The van der Waals surface area contributed by atoms with E-state index in [4.69, 9.17) is 14.2 Å². The molecule has 0 radical (unpaired) electrons. The van der Waals surface area contributed by atoms with Crippen LogP contribution in [-0.4, -0.2) is 41.6 Å². The fourth-order valence-corrected chi connectivity index (χ4v) is 6.21. The highest BCUT2D eigenvalue weighted by Gasteiger charge is 2.48. The number of Topliss-reactive ketones (excluding diaryl/α,β-unsaturated/α-hetero) is 1. The van der Waals surface area contributed by atoms with Crippen LogP contribution in [0.25, 0.3) is 16.0 Å². The number of amides is 1. The van der Waals surface area contributed by atoms with Gasteiger partial charge in [0.2, 0.25) is 0 Å². The maximum atomic E-state index is 13.6. The van der Waals surface area contributed by atoms with Gasteiger partial charge in [-0.05, 0) is 73.0 Å². The van der Waals surface area contributed by atoms with Crippen LogP contribution < -0.4 is 19.1 Å². The Labute approximate surface area is 235 Å². The lowest BCUT2D eigenvalue weighted by Gasteiger charge is -2.23. The van der Waals surface area contributed by atoms with Gasteiger partial charge in [0, 0.05) is 12.0 Å². The summed E-state index contributed by atoms with van der Waals surface area (Å²) in [4.78, 5) is 33.3. The number of thiazole rings is 1. The highest BCUT2D eigenvalue weighted by molar-refractivity contribution is 7.22. The standard InChI is InChI=1S/C31H28N2O6S/c1-4-12-38-22-7-5-6-18(15-22)27-26(28(34)19-8-11-24-20(14-19)13-17(2)39-24)29(35)30(36)33(27)31-32-23-10-9-21(37-3)16-25(23)40-31/h5-11,14-17,27,34H,4,12-13H2,1-3H3/b28-26+/t17-,27+/m0/s1. The molecular weight excluding hydrogens is 528 g/mol. The quantitative estimate of drug-likeness (QED) is 0.168. The van der Waals surface area contributed by atoms with E-state index >= 15 is 0 Å². The van der Waals surface area contributed by atoms with Gasteiger partial charge in [-0.2, -0.15) is 0 Å². The van der Waals surface area contributed by atoms with Gasteiger partial charge >= 0.3 is 5.91 Å². The number of aromatic nitrogens is 1. The van der Waals surface area contributed by atoms with E-state index in [2.05, 4.69) is 4.98 Å². The predicted octanol–water partition coefficient (Wildman–Crippen LogP) is 6.04. The molecule has 2 aliphatic rings. The Balaban J connectivity index is 1.51. The van der Waals surface area contributed by atoms with E-state index in [1.54, 1.807) is 31.4 Å². The summed E-state index contributed by atoms with van der Waals surface area (Å²) in [5.41, 5.74) is 2.70. The molecule has 3 aromatic carbocycles. The van der Waals surface area contributed by atoms with Gasteiger partial charge in [-0.1, -0.05) is 30.4 Å². The fourth-order valence-electron chi connectivity index (χ4n) is 5.19. The summed E-state index contributed by atoms with van der Waals surface area (Å²) in [6.45, 7) is 4.52. The third kappa shape index (κ3) is 4.46. The Bertz CT molecular complexity index is 1680. The van der Waals surface area contributed by atoms with E-state index in [0.717, 1.165) is 22.4 Å². The first kappa shape index (κ1) is 25.9. The number of carbonyl (C=O) groups excluding carboxylic acids is 2. The first-order valence-corrected chi connectivity index (χ1v) is 14.0. The Morgan fingerprint density at radius 2 is 1.98 bits per heavy atom. The van der Waals surface area contributed by atoms with Crippen LogP contribution in [-0.2, 0) is 16.0 Å². The third-order valence-electron chi connectivity index (χ3n) is 7.05. The topological polar surface area (TPSA) is 98.2 Å². The predicted molar refractivity (Wildman–Crippen MR) is 153 cm³/mol. The molecule has 2 atom stereocenters. The van der Waals surface area contributed by atoms with Gasteiger partial charge in [-0.3, -0.25) is 14.5 Å². The van der Waals surface area contributed by atoms with Crippen LogP contribution in [0.5, 0.6) is 17.2 Å². The summed E-state index contributed by atoms with van der Waals surface area (Å²) in [5, 5.41) is 11.9. The van der Waals surface area contributed by atoms with Gasteiger partial charge in [-0.25, -0.2) is 4.98 Å². The second-order valence-corrected chi connectivity index (χ2v) is 10.9. The molecule has 0 aliphatic carbocycles. The summed E-state index contributed by atoms with van der Waals surface area (Å²) in [7, 11) is 1.58. The summed E-state index contributed by atoms with van der Waals surface area (Å²) in [6.07, 6.45) is 1.56. The number of nitrogens with zero attached hydrogens (tertiary/aromatic N) is 2. The molecule has 1 fully saturated rings. The van der Waals surface area contributed by atoms with Crippen molar-refractivity contribution in [2.24, 2.45) is 0 Å². The largest absolute Gasteiger partial charge is 0.507 e. The number of carbonyl (C=O) groups is 2. The number of aliphatic hydroxyl groups is 1. The Morgan fingerprint density at radius 1 is 1.12 bits per heavy atom. The van der Waals surface area contributed by atoms with E-state index in [1.807, 2.05) is 50.2 Å². The zero-order valence-electron chi connectivity index (χ0n) is 22.3. The molecule has 40 heavy (non-hydrogen) atoms. The molecule has 0 saturated carbocycles. The number of benzene rings is 3. The maximum Gasteiger partial charge on any atom is 0.301 e. The van der Waals surface area contributed by atoms with Crippen LogP contribution in [0.15, 0.2) is 66.2 Å². The van der Waals surface area contributed by atoms with Gasteiger partial charge in [-0.15, -0.1) is 0 Å². The van der Waals surface area contributed by atoms with E-state index in [9.17, 15) is 14.7 Å². The van der Waals surface area contributed by atoms with Gasteiger partial charge in [0.05, 0.1) is 35.5 Å². The molecule has 9 heteroatoms. The van der Waals surface area contributed by atoms with Crippen molar-refractivity contribution in [2.75, 3.05) is 18.6 Å². The van der Waals surface area contributed by atoms with E-state index in [0.29, 0.717) is 46.3 Å². The number of aliphatic hydroxyl groups excluding tert-OH is 1. The number of anilines is 1. The SMILES string of the molecule is CCCOc1cccc([C@@H]2/C(=C(\O)c3ccc4c(c3)C[C@H](C)O4)C(=O)C(=O)N2c2nc3ccc(OC)cc3s2)c1. The van der Waals surface area contributed by atoms with Crippen LogP contribution in [0.4, 0.5) is 5.13 Å². The Hall–Kier alpha value is -4.37. The maximum absolute atomic E-state index is 13.6. The molecule has 6 rings (SSSR count). The van der Waals surface area contributed by atoms with Crippen molar-refractivity contribution < 1.29 is 28.9 Å². The lowest BCUT2D eigenvalue weighted by atomic mass is 9.94. The van der Waals surface area contributed by atoms with Crippen molar-refractivity contribution in [1.82, 2.24) is 4.98 Å². The van der Waals surface area contributed by atoms with E-state index in [-0.39, 0.29) is 17.4 Å². The zero-order valence-corrected chi connectivity index (χ0v) is 23.2. The molecule has 1 saturated heterocycles. The van der Waals surface area contributed by atoms with E-state index in [1.165, 1.54) is 16.2 Å². The van der Waals surface area contributed by atoms with Crippen molar-refractivity contribution in [3.8, 4) is 17.2 Å². The van der Waals surface area contributed by atoms with Crippen molar-refractivity contribution in [1.29, 1.82) is 0 Å². The smallest absolute Gasteiger partial charge is 0.301 e. The van der Waals surface area contributed by atoms with Crippen molar-refractivity contribution >= 4 is 44.1 Å². The Kier molecular flexibility index (Phi) is 6.67. The molecule has 1 amide bonds. The summed E-state index contributed by atoms with van der Waals surface area (Å²) in [5.74, 6) is 0.266. The molecule has 4 aromatic rings. The van der Waals surface area contributed by atoms with Crippen LogP contribution in [0.1, 0.15) is 43.0 Å². The second kappa shape index (κ2) is 10.3. The number of ketones is 1. The molecule has 1 N–H and O–H groups in total.